The molecule has 0 aliphatic heterocycles. The average molecular weight is 219 g/mol. The lowest BCUT2D eigenvalue weighted by molar-refractivity contribution is 0.465. The van der Waals surface area contributed by atoms with Crippen LogP contribution in [0.3, 0.4) is 0 Å². The molecule has 1 atom stereocenters. The van der Waals surface area contributed by atoms with Crippen LogP contribution >= 0.6 is 11.3 Å². The maximum atomic E-state index is 9.73. The van der Waals surface area contributed by atoms with Crippen molar-refractivity contribution in [2.24, 2.45) is 5.73 Å². The number of benzene rings is 1. The van der Waals surface area contributed by atoms with Gasteiger partial charge in [-0.25, -0.2) is 0 Å². The van der Waals surface area contributed by atoms with E-state index in [0.717, 1.165) is 16.7 Å². The van der Waals surface area contributed by atoms with Gasteiger partial charge in [-0.05, 0) is 35.4 Å². The van der Waals surface area contributed by atoms with E-state index in [1.165, 1.54) is 0 Å². The van der Waals surface area contributed by atoms with E-state index < -0.39 is 0 Å². The Balaban J connectivity index is 2.41. The Kier molecular flexibility index (Phi) is 2.75. The molecule has 0 aliphatic carbocycles. The second kappa shape index (κ2) is 4.04. The minimum atomic E-state index is -0.240. The number of rotatable bonds is 2. The zero-order chi connectivity index (χ0) is 10.8. The third-order valence-electron chi connectivity index (χ3n) is 2.42. The van der Waals surface area contributed by atoms with Crippen LogP contribution in [0.4, 0.5) is 0 Å². The molecule has 0 saturated heterocycles. The highest BCUT2D eigenvalue weighted by molar-refractivity contribution is 7.08. The first-order chi connectivity index (χ1) is 7.18. The molecular formula is C12H13NOS. The molecule has 0 amide bonds. The van der Waals surface area contributed by atoms with Crippen molar-refractivity contribution in [1.29, 1.82) is 0 Å². The Labute approximate surface area is 93.0 Å². The number of phenols is 1. The first kappa shape index (κ1) is 10.2. The molecule has 0 spiro atoms. The lowest BCUT2D eigenvalue weighted by atomic mass is 9.99. The molecule has 0 saturated carbocycles. The van der Waals surface area contributed by atoms with Crippen LogP contribution in [0.5, 0.6) is 5.75 Å². The second-order valence-corrected chi connectivity index (χ2v) is 4.38. The third-order valence-corrected chi connectivity index (χ3v) is 3.12. The second-order valence-electron chi connectivity index (χ2n) is 3.60. The van der Waals surface area contributed by atoms with E-state index in [4.69, 9.17) is 5.73 Å². The highest BCUT2D eigenvalue weighted by atomic mass is 32.1. The summed E-state index contributed by atoms with van der Waals surface area (Å²) in [6.07, 6.45) is 0. The highest BCUT2D eigenvalue weighted by Gasteiger charge is 2.13. The fourth-order valence-corrected chi connectivity index (χ4v) is 2.25. The summed E-state index contributed by atoms with van der Waals surface area (Å²) in [5.74, 6) is 0.263. The van der Waals surface area contributed by atoms with Gasteiger partial charge in [0.1, 0.15) is 5.75 Å². The standard InChI is InChI=1S/C12H13NOS/c1-8-2-3-11(14)10(6-8)12(13)9-4-5-15-7-9/h2-7,12,14H,13H2,1H3/t12-/m0/s1. The van der Waals surface area contributed by atoms with Crippen LogP contribution in [0.25, 0.3) is 0 Å². The van der Waals surface area contributed by atoms with E-state index in [2.05, 4.69) is 0 Å². The van der Waals surface area contributed by atoms with Gasteiger partial charge in [0.05, 0.1) is 6.04 Å². The summed E-state index contributed by atoms with van der Waals surface area (Å²) >= 11 is 1.61. The number of aromatic hydroxyl groups is 1. The molecule has 3 N–H and O–H groups in total. The van der Waals surface area contributed by atoms with Crippen molar-refractivity contribution in [3.8, 4) is 5.75 Å². The van der Waals surface area contributed by atoms with Crippen LogP contribution in [-0.2, 0) is 0 Å². The number of hydrogen-bond acceptors (Lipinski definition) is 3. The van der Waals surface area contributed by atoms with E-state index in [9.17, 15) is 5.11 Å². The summed E-state index contributed by atoms with van der Waals surface area (Å²) in [6.45, 7) is 1.99. The van der Waals surface area contributed by atoms with Crippen molar-refractivity contribution in [3.63, 3.8) is 0 Å². The van der Waals surface area contributed by atoms with Gasteiger partial charge in [-0.2, -0.15) is 11.3 Å². The topological polar surface area (TPSA) is 46.2 Å². The summed E-state index contributed by atoms with van der Waals surface area (Å²) in [6, 6.07) is 7.24. The van der Waals surface area contributed by atoms with Crippen LogP contribution < -0.4 is 5.73 Å². The molecule has 0 fully saturated rings. The largest absolute Gasteiger partial charge is 0.508 e. The number of phenolic OH excluding ortho intramolecular Hbond substituents is 1. The van der Waals surface area contributed by atoms with Crippen LogP contribution in [-0.4, -0.2) is 5.11 Å². The number of aryl methyl sites for hydroxylation is 1. The average Bonchev–Trinajstić information content (AvgIpc) is 2.74. The molecule has 0 bridgehead atoms. The first-order valence-corrected chi connectivity index (χ1v) is 5.70. The molecule has 0 unspecified atom stereocenters. The van der Waals surface area contributed by atoms with Crippen molar-refractivity contribution in [2.75, 3.05) is 0 Å². The van der Waals surface area contributed by atoms with Crippen molar-refractivity contribution in [1.82, 2.24) is 0 Å². The van der Waals surface area contributed by atoms with Crippen LogP contribution in [0.1, 0.15) is 22.7 Å². The smallest absolute Gasteiger partial charge is 0.120 e. The predicted octanol–water partition coefficient (Wildman–Crippen LogP) is 2.81. The summed E-state index contributed by atoms with van der Waals surface area (Å²) < 4.78 is 0. The number of thiophene rings is 1. The molecule has 3 heteroatoms. The molecule has 2 nitrogen and oxygen atoms in total. The minimum Gasteiger partial charge on any atom is -0.508 e. The maximum Gasteiger partial charge on any atom is 0.120 e. The zero-order valence-corrected chi connectivity index (χ0v) is 9.29. The molecule has 15 heavy (non-hydrogen) atoms. The number of hydrogen-bond donors (Lipinski definition) is 2. The van der Waals surface area contributed by atoms with Crippen LogP contribution in [0.15, 0.2) is 35.0 Å². The summed E-state index contributed by atoms with van der Waals surface area (Å²) in [7, 11) is 0. The zero-order valence-electron chi connectivity index (χ0n) is 8.47. The van der Waals surface area contributed by atoms with Crippen LogP contribution in [0, 0.1) is 6.92 Å². The molecule has 0 aliphatic rings. The Bertz CT molecular complexity index is 451. The van der Waals surface area contributed by atoms with Crippen molar-refractivity contribution < 1.29 is 5.11 Å². The number of nitrogens with two attached hydrogens (primary N) is 1. The Hall–Kier alpha value is -1.32. The van der Waals surface area contributed by atoms with Crippen molar-refractivity contribution >= 4 is 11.3 Å². The van der Waals surface area contributed by atoms with E-state index in [1.807, 2.05) is 35.9 Å². The Morgan fingerprint density at radius 2 is 2.13 bits per heavy atom. The molecule has 2 aromatic rings. The lowest BCUT2D eigenvalue weighted by Crippen LogP contribution is -2.11. The molecule has 1 aromatic carbocycles. The highest BCUT2D eigenvalue weighted by Crippen LogP contribution is 2.29. The maximum absolute atomic E-state index is 9.73. The molecule has 78 valence electrons. The molecule has 1 heterocycles. The van der Waals surface area contributed by atoms with Gasteiger partial charge in [0.15, 0.2) is 0 Å². The van der Waals surface area contributed by atoms with E-state index in [-0.39, 0.29) is 11.8 Å². The van der Waals surface area contributed by atoms with Crippen molar-refractivity contribution in [2.45, 2.75) is 13.0 Å². The molecular weight excluding hydrogens is 206 g/mol. The summed E-state index contributed by atoms with van der Waals surface area (Å²) in [5.41, 5.74) is 9.01. The molecule has 2 rings (SSSR count). The normalized spacial score (nSPS) is 12.7. The van der Waals surface area contributed by atoms with Gasteiger partial charge in [-0.1, -0.05) is 17.7 Å². The van der Waals surface area contributed by atoms with Gasteiger partial charge in [-0.15, -0.1) is 0 Å². The minimum absolute atomic E-state index is 0.240. The SMILES string of the molecule is Cc1ccc(O)c([C@@H](N)c2ccsc2)c1. The van der Waals surface area contributed by atoms with E-state index in [0.29, 0.717) is 0 Å². The molecule has 1 aromatic heterocycles. The Morgan fingerprint density at radius 3 is 2.80 bits per heavy atom. The van der Waals surface area contributed by atoms with Gasteiger partial charge in [0, 0.05) is 5.56 Å². The summed E-state index contributed by atoms with van der Waals surface area (Å²) in [5, 5.41) is 13.7. The van der Waals surface area contributed by atoms with Gasteiger partial charge >= 0.3 is 0 Å². The van der Waals surface area contributed by atoms with E-state index in [1.54, 1.807) is 17.4 Å². The van der Waals surface area contributed by atoms with Gasteiger partial charge in [-0.3, -0.25) is 0 Å². The van der Waals surface area contributed by atoms with Gasteiger partial charge in [0.2, 0.25) is 0 Å². The monoisotopic (exact) mass is 219 g/mol. The van der Waals surface area contributed by atoms with Gasteiger partial charge in [0.25, 0.3) is 0 Å². The predicted molar refractivity (Wildman–Crippen MR) is 63.2 cm³/mol. The molecule has 0 radical (unpaired) electrons. The third kappa shape index (κ3) is 2.03. The fraction of sp³-hybridized carbons (Fsp3) is 0.167. The Morgan fingerprint density at radius 1 is 1.33 bits per heavy atom. The first-order valence-electron chi connectivity index (χ1n) is 4.75. The fourth-order valence-electron chi connectivity index (χ4n) is 1.55. The van der Waals surface area contributed by atoms with Crippen molar-refractivity contribution in [3.05, 3.63) is 51.7 Å². The quantitative estimate of drug-likeness (QED) is 0.815. The van der Waals surface area contributed by atoms with E-state index >= 15 is 0 Å². The lowest BCUT2D eigenvalue weighted by Gasteiger charge is -2.13. The summed E-state index contributed by atoms with van der Waals surface area (Å²) in [4.78, 5) is 0. The van der Waals surface area contributed by atoms with Crippen LogP contribution in [0.2, 0.25) is 0 Å². The van der Waals surface area contributed by atoms with Gasteiger partial charge < -0.3 is 10.8 Å².